The fraction of sp³-hybridized carbons (Fsp3) is 0.476. The monoisotopic (exact) mass is 348 g/mol. The molecule has 3 aliphatic rings. The van der Waals surface area contributed by atoms with Gasteiger partial charge in [0.25, 0.3) is 0 Å². The molecule has 0 N–H and O–H groups in total. The van der Waals surface area contributed by atoms with E-state index in [1.54, 1.807) is 6.33 Å². The fourth-order valence-electron chi connectivity index (χ4n) is 4.77. The van der Waals surface area contributed by atoms with Crippen LogP contribution in [-0.4, -0.2) is 47.0 Å². The molecule has 26 heavy (non-hydrogen) atoms. The topological polar surface area (TPSA) is 49.3 Å². The largest absolute Gasteiger partial charge is 0.356 e. The Morgan fingerprint density at radius 3 is 2.35 bits per heavy atom. The Kier molecular flexibility index (Phi) is 3.52. The lowest BCUT2D eigenvalue weighted by Gasteiger charge is -2.26. The molecule has 0 spiro atoms. The van der Waals surface area contributed by atoms with Crippen molar-refractivity contribution in [3.05, 3.63) is 54.0 Å². The van der Waals surface area contributed by atoms with Crippen LogP contribution in [0, 0.1) is 18.8 Å². The molecule has 1 aliphatic carbocycles. The third-order valence-electron chi connectivity index (χ3n) is 6.37. The molecule has 2 atom stereocenters. The maximum Gasteiger partial charge on any atom is 0.233 e. The summed E-state index contributed by atoms with van der Waals surface area (Å²) in [4.78, 5) is 26.4. The maximum atomic E-state index is 13.2. The summed E-state index contributed by atoms with van der Waals surface area (Å²) in [5.41, 5.74) is 1.96. The van der Waals surface area contributed by atoms with E-state index in [4.69, 9.17) is 0 Å². The number of carbonyl (C=O) groups excluding carboxylic acids is 1. The zero-order valence-corrected chi connectivity index (χ0v) is 15.1. The highest BCUT2D eigenvalue weighted by Gasteiger charge is 2.55. The molecule has 2 unspecified atom stereocenters. The average Bonchev–Trinajstić information content (AvgIpc) is 3.23. The predicted octanol–water partition coefficient (Wildman–Crippen LogP) is 2.41. The Bertz CT molecular complexity index is 819. The molecule has 1 aromatic carbocycles. The van der Waals surface area contributed by atoms with E-state index in [-0.39, 0.29) is 5.41 Å². The molecule has 2 saturated heterocycles. The van der Waals surface area contributed by atoms with E-state index >= 15 is 0 Å². The summed E-state index contributed by atoms with van der Waals surface area (Å²) in [5, 5.41) is 0. The Morgan fingerprint density at radius 2 is 1.73 bits per heavy atom. The van der Waals surface area contributed by atoms with Gasteiger partial charge in [-0.15, -0.1) is 0 Å². The van der Waals surface area contributed by atoms with Crippen LogP contribution < -0.4 is 4.90 Å². The van der Waals surface area contributed by atoms with Gasteiger partial charge >= 0.3 is 0 Å². The van der Waals surface area contributed by atoms with E-state index in [2.05, 4.69) is 38.0 Å². The first-order valence-corrected chi connectivity index (χ1v) is 9.54. The van der Waals surface area contributed by atoms with Gasteiger partial charge in [0.2, 0.25) is 5.91 Å². The molecule has 1 aromatic heterocycles. The van der Waals surface area contributed by atoms with Crippen molar-refractivity contribution in [1.29, 1.82) is 0 Å². The number of benzene rings is 1. The number of aryl methyl sites for hydroxylation is 1. The van der Waals surface area contributed by atoms with Crippen molar-refractivity contribution in [3.8, 4) is 0 Å². The first-order chi connectivity index (χ1) is 12.7. The van der Waals surface area contributed by atoms with Crippen LogP contribution in [0.2, 0.25) is 0 Å². The second kappa shape index (κ2) is 5.79. The van der Waals surface area contributed by atoms with Crippen molar-refractivity contribution in [2.24, 2.45) is 11.8 Å². The quantitative estimate of drug-likeness (QED) is 0.855. The molecule has 1 saturated carbocycles. The number of amides is 1. The second-order valence-corrected chi connectivity index (χ2v) is 8.10. The Hall–Kier alpha value is -2.43. The van der Waals surface area contributed by atoms with Crippen LogP contribution in [0.3, 0.4) is 0 Å². The van der Waals surface area contributed by atoms with Crippen LogP contribution in [0.1, 0.15) is 24.1 Å². The van der Waals surface area contributed by atoms with Crippen LogP contribution in [0.5, 0.6) is 0 Å². The number of likely N-dealkylation sites (tertiary alicyclic amines) is 1. The minimum Gasteiger partial charge on any atom is -0.356 e. The van der Waals surface area contributed by atoms with Crippen molar-refractivity contribution in [2.45, 2.75) is 25.2 Å². The standard InChI is InChI=1S/C21H24N4O/c1-15-9-19(23-14-22-15)24-10-16-12-25(13-17(16)11-24)20(26)21(7-8-21)18-5-3-2-4-6-18/h2-6,9,14,16-17H,7-8,10-13H2,1H3. The first kappa shape index (κ1) is 15.8. The molecule has 0 radical (unpaired) electrons. The Labute approximate surface area is 154 Å². The highest BCUT2D eigenvalue weighted by atomic mass is 16.2. The molecule has 5 rings (SSSR count). The lowest BCUT2D eigenvalue weighted by molar-refractivity contribution is -0.133. The second-order valence-electron chi connectivity index (χ2n) is 8.10. The fourth-order valence-corrected chi connectivity index (χ4v) is 4.77. The number of aromatic nitrogens is 2. The third-order valence-corrected chi connectivity index (χ3v) is 6.37. The van der Waals surface area contributed by atoms with Crippen molar-refractivity contribution < 1.29 is 4.79 Å². The highest BCUT2D eigenvalue weighted by molar-refractivity contribution is 5.91. The van der Waals surface area contributed by atoms with Crippen molar-refractivity contribution in [3.63, 3.8) is 0 Å². The Morgan fingerprint density at radius 1 is 1.04 bits per heavy atom. The molecule has 1 amide bonds. The predicted molar refractivity (Wildman–Crippen MR) is 99.9 cm³/mol. The van der Waals surface area contributed by atoms with Gasteiger partial charge in [0.05, 0.1) is 5.41 Å². The maximum absolute atomic E-state index is 13.2. The van der Waals surface area contributed by atoms with Gasteiger partial charge in [0.1, 0.15) is 12.1 Å². The summed E-state index contributed by atoms with van der Waals surface area (Å²) in [7, 11) is 0. The summed E-state index contributed by atoms with van der Waals surface area (Å²) in [6.07, 6.45) is 3.63. The molecule has 0 bridgehead atoms. The van der Waals surface area contributed by atoms with Crippen molar-refractivity contribution >= 4 is 11.7 Å². The minimum absolute atomic E-state index is 0.233. The number of nitrogens with zero attached hydrogens (tertiary/aromatic N) is 4. The summed E-state index contributed by atoms with van der Waals surface area (Å²) < 4.78 is 0. The van der Waals surface area contributed by atoms with E-state index in [0.717, 1.165) is 50.5 Å². The zero-order chi connectivity index (χ0) is 17.7. The molecular formula is C21H24N4O. The van der Waals surface area contributed by atoms with Gasteiger partial charge < -0.3 is 9.80 Å². The molecule has 2 aromatic rings. The average molecular weight is 348 g/mol. The van der Waals surface area contributed by atoms with Crippen LogP contribution in [0.15, 0.2) is 42.7 Å². The molecule has 5 heteroatoms. The minimum atomic E-state index is -0.233. The van der Waals surface area contributed by atoms with Gasteiger partial charge in [-0.2, -0.15) is 0 Å². The summed E-state index contributed by atoms with van der Waals surface area (Å²) in [6.45, 7) is 5.75. The van der Waals surface area contributed by atoms with E-state index in [1.165, 1.54) is 5.56 Å². The van der Waals surface area contributed by atoms with Gasteiger partial charge in [0, 0.05) is 49.8 Å². The number of carbonyl (C=O) groups is 1. The van der Waals surface area contributed by atoms with Crippen molar-refractivity contribution in [1.82, 2.24) is 14.9 Å². The summed E-state index contributed by atoms with van der Waals surface area (Å²) in [5.74, 6) is 2.48. The van der Waals surface area contributed by atoms with Crippen LogP contribution in [-0.2, 0) is 10.2 Å². The lowest BCUT2D eigenvalue weighted by Crippen LogP contribution is -2.40. The molecular weight excluding hydrogens is 324 g/mol. The van der Waals surface area contributed by atoms with Crippen LogP contribution in [0.4, 0.5) is 5.82 Å². The summed E-state index contributed by atoms with van der Waals surface area (Å²) in [6, 6.07) is 12.4. The van der Waals surface area contributed by atoms with Gasteiger partial charge in [0.15, 0.2) is 0 Å². The van der Waals surface area contributed by atoms with E-state index in [0.29, 0.717) is 17.7 Å². The van der Waals surface area contributed by atoms with Gasteiger partial charge in [-0.1, -0.05) is 30.3 Å². The van der Waals surface area contributed by atoms with Gasteiger partial charge in [-0.3, -0.25) is 4.79 Å². The number of hydrogen-bond donors (Lipinski definition) is 0. The Balaban J connectivity index is 1.28. The molecule has 134 valence electrons. The number of hydrogen-bond acceptors (Lipinski definition) is 4. The number of rotatable bonds is 3. The van der Waals surface area contributed by atoms with Gasteiger partial charge in [-0.25, -0.2) is 9.97 Å². The van der Waals surface area contributed by atoms with Crippen LogP contribution >= 0.6 is 0 Å². The molecule has 3 fully saturated rings. The zero-order valence-electron chi connectivity index (χ0n) is 15.1. The third kappa shape index (κ3) is 2.49. The summed E-state index contributed by atoms with van der Waals surface area (Å²) >= 11 is 0. The number of anilines is 1. The number of fused-ring (bicyclic) bond motifs is 1. The SMILES string of the molecule is Cc1cc(N2CC3CN(C(=O)C4(c5ccccc5)CC4)CC3C2)ncn1. The van der Waals surface area contributed by atoms with Crippen molar-refractivity contribution in [2.75, 3.05) is 31.1 Å². The van der Waals surface area contributed by atoms with E-state index in [1.807, 2.05) is 25.1 Å². The first-order valence-electron chi connectivity index (χ1n) is 9.54. The van der Waals surface area contributed by atoms with Crippen LogP contribution in [0.25, 0.3) is 0 Å². The normalized spacial score (nSPS) is 26.0. The smallest absolute Gasteiger partial charge is 0.233 e. The van der Waals surface area contributed by atoms with E-state index < -0.39 is 0 Å². The molecule has 5 nitrogen and oxygen atoms in total. The molecule has 3 heterocycles. The van der Waals surface area contributed by atoms with E-state index in [9.17, 15) is 4.79 Å². The molecule has 2 aliphatic heterocycles. The highest BCUT2D eigenvalue weighted by Crippen LogP contribution is 2.50. The lowest BCUT2D eigenvalue weighted by atomic mass is 9.94. The van der Waals surface area contributed by atoms with Gasteiger partial charge in [-0.05, 0) is 25.3 Å².